The molecule has 0 amide bonds. The third-order valence-electron chi connectivity index (χ3n) is 4.96. The van der Waals surface area contributed by atoms with Crippen LogP contribution in [0.3, 0.4) is 0 Å². The fourth-order valence-corrected chi connectivity index (χ4v) is 3.36. The molecule has 0 radical (unpaired) electrons. The Morgan fingerprint density at radius 2 is 1.96 bits per heavy atom. The quantitative estimate of drug-likeness (QED) is 0.360. The smallest absolute Gasteiger partial charge is 0.191 e. The minimum absolute atomic E-state index is 0. The van der Waals surface area contributed by atoms with Crippen molar-refractivity contribution in [3.63, 3.8) is 0 Å². The fourth-order valence-electron chi connectivity index (χ4n) is 3.36. The van der Waals surface area contributed by atoms with Crippen LogP contribution >= 0.6 is 24.0 Å². The Balaban J connectivity index is 0.00000280. The van der Waals surface area contributed by atoms with E-state index < -0.39 is 0 Å². The molecule has 0 bridgehead atoms. The van der Waals surface area contributed by atoms with E-state index in [0.29, 0.717) is 18.6 Å². The van der Waals surface area contributed by atoms with Crippen molar-refractivity contribution in [2.24, 2.45) is 4.99 Å². The third kappa shape index (κ3) is 6.48. The van der Waals surface area contributed by atoms with Crippen molar-refractivity contribution in [3.8, 4) is 11.3 Å². The Hall–Kier alpha value is -1.61. The van der Waals surface area contributed by atoms with Crippen molar-refractivity contribution in [1.82, 2.24) is 20.7 Å². The van der Waals surface area contributed by atoms with Crippen LogP contribution in [-0.4, -0.2) is 47.7 Å². The SMILES string of the molecule is CCNC(=NCc1cc(-c2ccccc2)on1)NC1CCN(C(C)C)CC1.I. The molecule has 3 rings (SSSR count). The van der Waals surface area contributed by atoms with Crippen LogP contribution in [0.5, 0.6) is 0 Å². The summed E-state index contributed by atoms with van der Waals surface area (Å²) in [6.45, 7) is 10.2. The van der Waals surface area contributed by atoms with Gasteiger partial charge in [-0.3, -0.25) is 0 Å². The molecular formula is C21H32IN5O. The van der Waals surface area contributed by atoms with E-state index in [0.717, 1.165) is 55.5 Å². The van der Waals surface area contributed by atoms with Gasteiger partial charge >= 0.3 is 0 Å². The molecule has 0 aliphatic carbocycles. The van der Waals surface area contributed by atoms with Gasteiger partial charge in [0.2, 0.25) is 0 Å². The molecule has 6 nitrogen and oxygen atoms in total. The van der Waals surface area contributed by atoms with Gasteiger partial charge in [0.15, 0.2) is 11.7 Å². The average molecular weight is 497 g/mol. The van der Waals surface area contributed by atoms with E-state index in [4.69, 9.17) is 9.52 Å². The first-order chi connectivity index (χ1) is 13.2. The van der Waals surface area contributed by atoms with Crippen molar-refractivity contribution in [1.29, 1.82) is 0 Å². The number of rotatable bonds is 6. The number of benzene rings is 1. The molecular weight excluding hydrogens is 465 g/mol. The average Bonchev–Trinajstić information content (AvgIpc) is 3.16. The minimum Gasteiger partial charge on any atom is -0.357 e. The lowest BCUT2D eigenvalue weighted by atomic mass is 10.0. The topological polar surface area (TPSA) is 65.7 Å². The van der Waals surface area contributed by atoms with Crippen molar-refractivity contribution in [3.05, 3.63) is 42.1 Å². The molecule has 28 heavy (non-hydrogen) atoms. The van der Waals surface area contributed by atoms with Crippen LogP contribution in [0.15, 0.2) is 45.9 Å². The molecule has 0 atom stereocenters. The number of nitrogens with zero attached hydrogens (tertiary/aromatic N) is 3. The van der Waals surface area contributed by atoms with Gasteiger partial charge < -0.3 is 20.1 Å². The lowest BCUT2D eigenvalue weighted by molar-refractivity contribution is 0.167. The molecule has 1 fully saturated rings. The van der Waals surface area contributed by atoms with Crippen molar-refractivity contribution >= 4 is 29.9 Å². The summed E-state index contributed by atoms with van der Waals surface area (Å²) >= 11 is 0. The predicted molar refractivity (Wildman–Crippen MR) is 125 cm³/mol. The van der Waals surface area contributed by atoms with Gasteiger partial charge in [-0.05, 0) is 33.6 Å². The van der Waals surface area contributed by atoms with Crippen molar-refractivity contribution < 1.29 is 4.52 Å². The second-order valence-corrected chi connectivity index (χ2v) is 7.29. The highest BCUT2D eigenvalue weighted by Gasteiger charge is 2.21. The predicted octanol–water partition coefficient (Wildman–Crippen LogP) is 3.89. The van der Waals surface area contributed by atoms with E-state index in [9.17, 15) is 0 Å². The molecule has 2 N–H and O–H groups in total. The number of nitrogens with one attached hydrogen (secondary N) is 2. The number of aliphatic imine (C=N–C) groups is 1. The first kappa shape index (κ1) is 22.7. The Labute approximate surface area is 185 Å². The summed E-state index contributed by atoms with van der Waals surface area (Å²) in [6.07, 6.45) is 2.29. The summed E-state index contributed by atoms with van der Waals surface area (Å²) < 4.78 is 5.46. The summed E-state index contributed by atoms with van der Waals surface area (Å²) in [7, 11) is 0. The number of likely N-dealkylation sites (tertiary alicyclic amines) is 1. The van der Waals surface area contributed by atoms with E-state index in [2.05, 4.69) is 41.5 Å². The summed E-state index contributed by atoms with van der Waals surface area (Å²) in [5, 5.41) is 11.1. The standard InChI is InChI=1S/C21H31N5O.HI/c1-4-22-21(24-18-10-12-26(13-11-18)16(2)3)23-15-19-14-20(27-25-19)17-8-6-5-7-9-17;/h5-9,14,16,18H,4,10-13,15H2,1-3H3,(H2,22,23,24);1H. The number of piperidine rings is 1. The van der Waals surface area contributed by atoms with E-state index in [-0.39, 0.29) is 24.0 Å². The number of halogens is 1. The summed E-state index contributed by atoms with van der Waals surface area (Å²) in [6, 6.07) is 13.1. The molecule has 1 saturated heterocycles. The van der Waals surface area contributed by atoms with Gasteiger partial charge in [-0.2, -0.15) is 0 Å². The molecule has 7 heteroatoms. The summed E-state index contributed by atoms with van der Waals surface area (Å²) in [4.78, 5) is 7.23. The van der Waals surface area contributed by atoms with Crippen LogP contribution in [0.1, 0.15) is 39.3 Å². The van der Waals surface area contributed by atoms with Gasteiger partial charge in [-0.25, -0.2) is 4.99 Å². The Morgan fingerprint density at radius 1 is 1.25 bits per heavy atom. The van der Waals surface area contributed by atoms with Gasteiger partial charge in [0.25, 0.3) is 0 Å². The molecule has 0 spiro atoms. The van der Waals surface area contributed by atoms with Gasteiger partial charge in [-0.1, -0.05) is 35.5 Å². The molecule has 0 saturated carbocycles. The maximum atomic E-state index is 5.46. The number of hydrogen-bond acceptors (Lipinski definition) is 4. The number of hydrogen-bond donors (Lipinski definition) is 2. The third-order valence-corrected chi connectivity index (χ3v) is 4.96. The van der Waals surface area contributed by atoms with Crippen LogP contribution in [0.4, 0.5) is 0 Å². The first-order valence-corrected chi connectivity index (χ1v) is 9.95. The van der Waals surface area contributed by atoms with Crippen LogP contribution in [0.2, 0.25) is 0 Å². The second kappa shape index (κ2) is 11.4. The second-order valence-electron chi connectivity index (χ2n) is 7.29. The minimum atomic E-state index is 0. The highest BCUT2D eigenvalue weighted by atomic mass is 127. The summed E-state index contributed by atoms with van der Waals surface area (Å²) in [5.74, 6) is 1.63. The van der Waals surface area contributed by atoms with Crippen LogP contribution in [0.25, 0.3) is 11.3 Å². The molecule has 2 aromatic rings. The Bertz CT molecular complexity index is 723. The number of aromatic nitrogens is 1. The molecule has 154 valence electrons. The zero-order valence-electron chi connectivity index (χ0n) is 17.0. The normalized spacial score (nSPS) is 16.1. The molecule has 0 unspecified atom stereocenters. The maximum absolute atomic E-state index is 5.46. The lowest BCUT2D eigenvalue weighted by Gasteiger charge is -2.35. The van der Waals surface area contributed by atoms with E-state index in [1.54, 1.807) is 0 Å². The molecule has 1 aromatic heterocycles. The number of guanidine groups is 1. The highest BCUT2D eigenvalue weighted by molar-refractivity contribution is 14.0. The monoisotopic (exact) mass is 497 g/mol. The molecule has 1 aliphatic rings. The van der Waals surface area contributed by atoms with E-state index in [1.807, 2.05) is 36.4 Å². The highest BCUT2D eigenvalue weighted by Crippen LogP contribution is 2.20. The van der Waals surface area contributed by atoms with Crippen LogP contribution < -0.4 is 10.6 Å². The zero-order chi connectivity index (χ0) is 19.1. The van der Waals surface area contributed by atoms with E-state index >= 15 is 0 Å². The van der Waals surface area contributed by atoms with E-state index in [1.165, 1.54) is 0 Å². The fraction of sp³-hybridized carbons (Fsp3) is 0.524. The molecule has 1 aromatic carbocycles. The van der Waals surface area contributed by atoms with Crippen LogP contribution in [-0.2, 0) is 6.54 Å². The van der Waals surface area contributed by atoms with Crippen molar-refractivity contribution in [2.75, 3.05) is 19.6 Å². The van der Waals surface area contributed by atoms with Gasteiger partial charge in [0, 0.05) is 43.3 Å². The largest absolute Gasteiger partial charge is 0.357 e. The van der Waals surface area contributed by atoms with Gasteiger partial charge in [-0.15, -0.1) is 24.0 Å². The molecule has 1 aliphatic heterocycles. The van der Waals surface area contributed by atoms with Gasteiger partial charge in [0.1, 0.15) is 5.69 Å². The summed E-state index contributed by atoms with van der Waals surface area (Å²) in [5.41, 5.74) is 1.86. The first-order valence-electron chi connectivity index (χ1n) is 9.95. The van der Waals surface area contributed by atoms with Gasteiger partial charge in [0.05, 0.1) is 6.54 Å². The Kier molecular flexibility index (Phi) is 9.24. The molecule has 2 heterocycles. The van der Waals surface area contributed by atoms with Crippen molar-refractivity contribution in [2.45, 2.75) is 52.2 Å². The zero-order valence-corrected chi connectivity index (χ0v) is 19.3. The Morgan fingerprint density at radius 3 is 2.61 bits per heavy atom. The van der Waals surface area contributed by atoms with Crippen LogP contribution in [0, 0.1) is 0 Å². The lowest BCUT2D eigenvalue weighted by Crippen LogP contribution is -2.49. The maximum Gasteiger partial charge on any atom is 0.191 e.